The number of hydrogen-bond acceptors (Lipinski definition) is 4. The predicted octanol–water partition coefficient (Wildman–Crippen LogP) is 1.05. The van der Waals surface area contributed by atoms with Gasteiger partial charge in [-0.2, -0.15) is 13.2 Å². The quantitative estimate of drug-likeness (QED) is 0.892. The molecule has 2 aromatic heterocycles. The van der Waals surface area contributed by atoms with Gasteiger partial charge >= 0.3 is 6.18 Å². The van der Waals surface area contributed by atoms with Gasteiger partial charge < -0.3 is 5.32 Å². The van der Waals surface area contributed by atoms with Gasteiger partial charge in [0.05, 0.1) is 0 Å². The molecule has 0 fully saturated rings. The highest BCUT2D eigenvalue weighted by Crippen LogP contribution is 2.12. The maximum atomic E-state index is 11.9. The van der Waals surface area contributed by atoms with Crippen LogP contribution in [-0.2, 0) is 0 Å². The number of carbonyl (C=O) groups excluding carboxylic acids is 1. The largest absolute Gasteiger partial charge is 0.405 e. The molecular weight excluding hydrogens is 271 g/mol. The molecule has 0 aliphatic heterocycles. The summed E-state index contributed by atoms with van der Waals surface area (Å²) in [6.45, 7) is -1.49. The van der Waals surface area contributed by atoms with Crippen molar-refractivity contribution in [1.82, 2.24) is 14.7 Å². The van der Waals surface area contributed by atoms with Gasteiger partial charge in [-0.05, 0) is 0 Å². The van der Waals surface area contributed by atoms with Crippen molar-refractivity contribution >= 4 is 22.2 Å². The second kappa shape index (κ2) is 4.41. The van der Waals surface area contributed by atoms with Gasteiger partial charge in [0.1, 0.15) is 12.1 Å². The van der Waals surface area contributed by atoms with Crippen LogP contribution < -0.4 is 10.9 Å². The molecule has 9 heteroatoms. The molecule has 0 atom stereocenters. The fraction of sp³-hybridized carbons (Fsp3) is 0.222. The lowest BCUT2D eigenvalue weighted by atomic mass is 10.3. The van der Waals surface area contributed by atoms with E-state index in [2.05, 4.69) is 4.98 Å². The van der Waals surface area contributed by atoms with Gasteiger partial charge in [-0.15, -0.1) is 11.3 Å². The molecule has 0 saturated carbocycles. The van der Waals surface area contributed by atoms with Crippen molar-refractivity contribution in [3.05, 3.63) is 33.7 Å². The fourth-order valence-electron chi connectivity index (χ4n) is 1.26. The van der Waals surface area contributed by atoms with Crippen LogP contribution >= 0.6 is 11.3 Å². The van der Waals surface area contributed by atoms with Gasteiger partial charge in [0.25, 0.3) is 11.5 Å². The second-order valence-electron chi connectivity index (χ2n) is 3.33. The van der Waals surface area contributed by atoms with Crippen LogP contribution in [0.15, 0.2) is 22.6 Å². The second-order valence-corrected chi connectivity index (χ2v) is 4.20. The van der Waals surface area contributed by atoms with E-state index in [9.17, 15) is 22.8 Å². The third-order valence-electron chi connectivity index (χ3n) is 2.04. The van der Waals surface area contributed by atoms with E-state index in [1.807, 2.05) is 0 Å². The molecule has 96 valence electrons. The van der Waals surface area contributed by atoms with E-state index in [1.54, 1.807) is 10.7 Å². The molecule has 0 saturated heterocycles. The van der Waals surface area contributed by atoms with Crippen molar-refractivity contribution in [3.8, 4) is 0 Å². The summed E-state index contributed by atoms with van der Waals surface area (Å²) in [6, 6.07) is 0. The summed E-state index contributed by atoms with van der Waals surface area (Å²) < 4.78 is 36.9. The molecule has 5 nitrogen and oxygen atoms in total. The summed E-state index contributed by atoms with van der Waals surface area (Å²) in [7, 11) is 0. The first-order valence-electron chi connectivity index (χ1n) is 4.68. The fourth-order valence-corrected chi connectivity index (χ4v) is 1.93. The predicted molar refractivity (Wildman–Crippen MR) is 57.7 cm³/mol. The van der Waals surface area contributed by atoms with Gasteiger partial charge in [0.15, 0.2) is 4.96 Å². The Morgan fingerprint density at radius 2 is 2.22 bits per heavy atom. The van der Waals surface area contributed by atoms with Crippen molar-refractivity contribution in [1.29, 1.82) is 0 Å². The minimum absolute atomic E-state index is 0.368. The van der Waals surface area contributed by atoms with E-state index >= 15 is 0 Å². The molecule has 0 bridgehead atoms. The number of aromatic nitrogens is 2. The zero-order valence-corrected chi connectivity index (χ0v) is 9.51. The van der Waals surface area contributed by atoms with Crippen LogP contribution in [0.3, 0.4) is 0 Å². The van der Waals surface area contributed by atoms with Gasteiger partial charge in [0.2, 0.25) is 0 Å². The standard InChI is InChI=1S/C9H6F3N3O2S/c10-9(11,12)4-14-6(16)5-3-13-8-15(7(5)17)1-2-18-8/h1-3H,4H2,(H,14,16). The Kier molecular flexibility index (Phi) is 3.07. The van der Waals surface area contributed by atoms with Crippen LogP contribution in [0.2, 0.25) is 0 Å². The molecule has 2 heterocycles. The van der Waals surface area contributed by atoms with E-state index in [0.717, 1.165) is 10.6 Å². The average Bonchev–Trinajstić information content (AvgIpc) is 2.74. The van der Waals surface area contributed by atoms with Crippen LogP contribution in [0.1, 0.15) is 10.4 Å². The number of hydrogen-bond donors (Lipinski definition) is 1. The summed E-state index contributed by atoms with van der Waals surface area (Å²) >= 11 is 1.18. The van der Waals surface area contributed by atoms with Crippen molar-refractivity contribution in [2.24, 2.45) is 0 Å². The van der Waals surface area contributed by atoms with Crippen LogP contribution in [-0.4, -0.2) is 28.0 Å². The molecule has 1 N–H and O–H groups in total. The Hall–Kier alpha value is -1.90. The van der Waals surface area contributed by atoms with Crippen molar-refractivity contribution in [3.63, 3.8) is 0 Å². The van der Waals surface area contributed by atoms with E-state index in [1.165, 1.54) is 17.5 Å². The summed E-state index contributed by atoms with van der Waals surface area (Å²) in [4.78, 5) is 27.3. The molecule has 1 amide bonds. The number of amides is 1. The van der Waals surface area contributed by atoms with E-state index in [4.69, 9.17) is 0 Å². The molecule has 2 aromatic rings. The maximum absolute atomic E-state index is 11.9. The highest BCUT2D eigenvalue weighted by molar-refractivity contribution is 7.15. The minimum atomic E-state index is -4.52. The lowest BCUT2D eigenvalue weighted by molar-refractivity contribution is -0.123. The summed E-state index contributed by atoms with van der Waals surface area (Å²) in [5, 5.41) is 3.21. The number of carbonyl (C=O) groups is 1. The third kappa shape index (κ3) is 2.50. The molecule has 18 heavy (non-hydrogen) atoms. The first-order chi connectivity index (χ1) is 8.38. The molecule has 0 unspecified atom stereocenters. The van der Waals surface area contributed by atoms with E-state index < -0.39 is 29.8 Å². The highest BCUT2D eigenvalue weighted by Gasteiger charge is 2.28. The summed E-state index contributed by atoms with van der Waals surface area (Å²) in [5.74, 6) is -1.09. The lowest BCUT2D eigenvalue weighted by Gasteiger charge is -2.07. The van der Waals surface area contributed by atoms with Gasteiger partial charge in [-0.1, -0.05) is 0 Å². The lowest BCUT2D eigenvalue weighted by Crippen LogP contribution is -2.37. The van der Waals surface area contributed by atoms with Crippen molar-refractivity contribution in [2.45, 2.75) is 6.18 Å². The molecular formula is C9H6F3N3O2S. The van der Waals surface area contributed by atoms with Gasteiger partial charge in [-0.25, -0.2) is 4.98 Å². The van der Waals surface area contributed by atoms with E-state index in [-0.39, 0.29) is 0 Å². The third-order valence-corrected chi connectivity index (χ3v) is 2.81. The molecule has 2 rings (SSSR count). The van der Waals surface area contributed by atoms with Crippen LogP contribution in [0.5, 0.6) is 0 Å². The normalized spacial score (nSPS) is 11.7. The van der Waals surface area contributed by atoms with Crippen molar-refractivity contribution in [2.75, 3.05) is 6.54 Å². The molecule has 0 aliphatic carbocycles. The monoisotopic (exact) mass is 277 g/mol. The number of nitrogens with zero attached hydrogens (tertiary/aromatic N) is 2. The first kappa shape index (κ1) is 12.6. The smallest absolute Gasteiger partial charge is 0.343 e. The minimum Gasteiger partial charge on any atom is -0.343 e. The number of thiazole rings is 1. The Labute approximate surface area is 102 Å². The highest BCUT2D eigenvalue weighted by atomic mass is 32.1. The maximum Gasteiger partial charge on any atom is 0.405 e. The van der Waals surface area contributed by atoms with Crippen LogP contribution in [0.4, 0.5) is 13.2 Å². The van der Waals surface area contributed by atoms with Crippen LogP contribution in [0.25, 0.3) is 4.96 Å². The number of fused-ring (bicyclic) bond motifs is 1. The Balaban J connectivity index is 2.28. The Morgan fingerprint density at radius 1 is 1.50 bits per heavy atom. The Bertz CT molecular complexity index is 646. The summed E-state index contributed by atoms with van der Waals surface area (Å²) in [5.41, 5.74) is -1.11. The van der Waals surface area contributed by atoms with Crippen LogP contribution in [0, 0.1) is 0 Å². The topological polar surface area (TPSA) is 63.5 Å². The molecule has 0 aliphatic rings. The molecule has 0 spiro atoms. The zero-order chi connectivity index (χ0) is 13.3. The van der Waals surface area contributed by atoms with Gasteiger partial charge in [0, 0.05) is 17.8 Å². The van der Waals surface area contributed by atoms with Gasteiger partial charge in [-0.3, -0.25) is 14.0 Å². The SMILES string of the molecule is O=C(NCC(F)(F)F)c1cnc2sccn2c1=O. The summed E-state index contributed by atoms with van der Waals surface area (Å²) in [6.07, 6.45) is -2.15. The number of halogens is 3. The number of rotatable bonds is 2. The number of alkyl halides is 3. The molecule has 0 radical (unpaired) electrons. The number of nitrogens with one attached hydrogen (secondary N) is 1. The Morgan fingerprint density at radius 3 is 2.89 bits per heavy atom. The average molecular weight is 277 g/mol. The molecule has 0 aromatic carbocycles. The van der Waals surface area contributed by atoms with Crippen molar-refractivity contribution < 1.29 is 18.0 Å². The first-order valence-corrected chi connectivity index (χ1v) is 5.56. The van der Waals surface area contributed by atoms with E-state index in [0.29, 0.717) is 4.96 Å². The zero-order valence-electron chi connectivity index (χ0n) is 8.69.